The number of nitrogens with zero attached hydrogens (tertiary/aromatic N) is 4. The zero-order chi connectivity index (χ0) is 15.6. The number of carbonyl (C=O) groups excluding carboxylic acids is 1. The first-order valence-electron chi connectivity index (χ1n) is 8.38. The van der Waals surface area contributed by atoms with Gasteiger partial charge in [-0.3, -0.25) is 9.36 Å². The van der Waals surface area contributed by atoms with Gasteiger partial charge in [0.15, 0.2) is 0 Å². The maximum Gasteiger partial charge on any atom is 0.268 e. The molecule has 23 heavy (non-hydrogen) atoms. The van der Waals surface area contributed by atoms with Crippen LogP contribution in [-0.2, 0) is 0 Å². The van der Waals surface area contributed by atoms with Crippen molar-refractivity contribution in [1.82, 2.24) is 20.1 Å². The SMILES string of the molecule is O=C(NC1CCCC1)c1cccn1-c1nnc(N2CCCC2)s1. The fourth-order valence-corrected chi connectivity index (χ4v) is 4.30. The second-order valence-corrected chi connectivity index (χ2v) is 7.21. The highest BCUT2D eigenvalue weighted by molar-refractivity contribution is 7.17. The van der Waals surface area contributed by atoms with Gasteiger partial charge >= 0.3 is 0 Å². The molecule has 0 spiro atoms. The average Bonchev–Trinajstić information content (AvgIpc) is 3.30. The Balaban J connectivity index is 1.53. The molecule has 0 atom stereocenters. The van der Waals surface area contributed by atoms with E-state index in [4.69, 9.17) is 0 Å². The molecule has 1 aliphatic heterocycles. The van der Waals surface area contributed by atoms with Gasteiger partial charge in [-0.2, -0.15) is 0 Å². The Bertz CT molecular complexity index is 682. The van der Waals surface area contributed by atoms with Crippen molar-refractivity contribution in [2.45, 2.75) is 44.6 Å². The standard InChI is InChI=1S/C16H21N5OS/c22-14(17-12-6-1-2-7-12)13-8-5-11-21(13)16-19-18-15(23-16)20-9-3-4-10-20/h5,8,11-12H,1-4,6-7,9-10H2,(H,17,22). The van der Waals surface area contributed by atoms with Gasteiger partial charge in [-0.15, -0.1) is 10.2 Å². The largest absolute Gasteiger partial charge is 0.348 e. The number of anilines is 1. The van der Waals surface area contributed by atoms with Gasteiger partial charge in [0, 0.05) is 25.3 Å². The van der Waals surface area contributed by atoms with Crippen molar-refractivity contribution in [2.75, 3.05) is 18.0 Å². The minimum Gasteiger partial charge on any atom is -0.348 e. The summed E-state index contributed by atoms with van der Waals surface area (Å²) in [4.78, 5) is 14.8. The lowest BCUT2D eigenvalue weighted by molar-refractivity contribution is 0.0931. The van der Waals surface area contributed by atoms with Crippen molar-refractivity contribution in [3.05, 3.63) is 24.0 Å². The van der Waals surface area contributed by atoms with Crippen LogP contribution in [-0.4, -0.2) is 39.8 Å². The molecule has 1 saturated heterocycles. The summed E-state index contributed by atoms with van der Waals surface area (Å²) in [5.41, 5.74) is 0.640. The fourth-order valence-electron chi connectivity index (χ4n) is 3.40. The summed E-state index contributed by atoms with van der Waals surface area (Å²) >= 11 is 1.55. The number of aromatic nitrogens is 3. The van der Waals surface area contributed by atoms with Crippen LogP contribution >= 0.6 is 11.3 Å². The average molecular weight is 331 g/mol. The van der Waals surface area contributed by atoms with Crippen molar-refractivity contribution in [2.24, 2.45) is 0 Å². The monoisotopic (exact) mass is 331 g/mol. The number of rotatable bonds is 4. The molecule has 0 radical (unpaired) electrons. The van der Waals surface area contributed by atoms with E-state index in [1.165, 1.54) is 25.7 Å². The van der Waals surface area contributed by atoms with E-state index in [0.29, 0.717) is 11.7 Å². The molecule has 1 saturated carbocycles. The number of nitrogens with one attached hydrogen (secondary N) is 1. The first-order valence-corrected chi connectivity index (χ1v) is 9.20. The summed E-state index contributed by atoms with van der Waals surface area (Å²) in [6.07, 6.45) is 8.91. The van der Waals surface area contributed by atoms with E-state index in [-0.39, 0.29) is 5.91 Å². The van der Waals surface area contributed by atoms with Crippen LogP contribution in [0.25, 0.3) is 5.13 Å². The smallest absolute Gasteiger partial charge is 0.268 e. The van der Waals surface area contributed by atoms with Crippen LogP contribution < -0.4 is 10.2 Å². The molecule has 2 fully saturated rings. The van der Waals surface area contributed by atoms with E-state index in [1.54, 1.807) is 11.3 Å². The van der Waals surface area contributed by atoms with Crippen LogP contribution in [0.4, 0.5) is 5.13 Å². The van der Waals surface area contributed by atoms with Crippen molar-refractivity contribution in [1.29, 1.82) is 0 Å². The molecule has 4 rings (SSSR count). The van der Waals surface area contributed by atoms with Crippen LogP contribution in [0.5, 0.6) is 0 Å². The van der Waals surface area contributed by atoms with Gasteiger partial charge in [0.05, 0.1) is 0 Å². The van der Waals surface area contributed by atoms with E-state index < -0.39 is 0 Å². The quantitative estimate of drug-likeness (QED) is 0.935. The molecule has 3 heterocycles. The van der Waals surface area contributed by atoms with E-state index in [1.807, 2.05) is 22.9 Å². The second kappa shape index (κ2) is 6.31. The lowest BCUT2D eigenvalue weighted by atomic mass is 10.2. The van der Waals surface area contributed by atoms with Gasteiger partial charge in [-0.25, -0.2) is 0 Å². The molecule has 1 N–H and O–H groups in total. The zero-order valence-corrected chi connectivity index (χ0v) is 13.9. The molecular weight excluding hydrogens is 310 g/mol. The first kappa shape index (κ1) is 14.7. The summed E-state index contributed by atoms with van der Waals surface area (Å²) in [6.45, 7) is 2.10. The summed E-state index contributed by atoms with van der Waals surface area (Å²) in [7, 11) is 0. The zero-order valence-electron chi connectivity index (χ0n) is 13.1. The van der Waals surface area contributed by atoms with E-state index >= 15 is 0 Å². The molecule has 0 unspecified atom stereocenters. The van der Waals surface area contributed by atoms with E-state index in [9.17, 15) is 4.79 Å². The normalized spacial score (nSPS) is 18.7. The van der Waals surface area contributed by atoms with Gasteiger partial charge in [0.1, 0.15) is 5.69 Å². The van der Waals surface area contributed by atoms with Gasteiger partial charge in [-0.05, 0) is 37.8 Å². The Morgan fingerprint density at radius 1 is 1.13 bits per heavy atom. The maximum absolute atomic E-state index is 12.5. The molecule has 7 heteroatoms. The molecule has 1 amide bonds. The highest BCUT2D eigenvalue weighted by Crippen LogP contribution is 2.27. The van der Waals surface area contributed by atoms with Crippen LogP contribution in [0, 0.1) is 0 Å². The Labute approximate surface area is 139 Å². The van der Waals surface area contributed by atoms with Gasteiger partial charge in [0.2, 0.25) is 10.3 Å². The molecule has 2 aromatic heterocycles. The minimum atomic E-state index is -0.0141. The van der Waals surface area contributed by atoms with Gasteiger partial charge < -0.3 is 10.2 Å². The third kappa shape index (κ3) is 2.97. The Hall–Kier alpha value is -1.89. The highest BCUT2D eigenvalue weighted by atomic mass is 32.1. The van der Waals surface area contributed by atoms with Crippen molar-refractivity contribution >= 4 is 22.4 Å². The molecular formula is C16H21N5OS. The molecule has 6 nitrogen and oxygen atoms in total. The Morgan fingerprint density at radius 3 is 2.65 bits per heavy atom. The van der Waals surface area contributed by atoms with Crippen molar-refractivity contribution in [3.63, 3.8) is 0 Å². The summed E-state index contributed by atoms with van der Waals surface area (Å²) < 4.78 is 1.85. The van der Waals surface area contributed by atoms with E-state index in [0.717, 1.165) is 36.2 Å². The maximum atomic E-state index is 12.5. The third-order valence-corrected chi connectivity index (χ3v) is 5.64. The van der Waals surface area contributed by atoms with Crippen LogP contribution in [0.15, 0.2) is 18.3 Å². The molecule has 1 aliphatic carbocycles. The second-order valence-electron chi connectivity index (χ2n) is 6.28. The third-order valence-electron chi connectivity index (χ3n) is 4.66. The predicted molar refractivity (Wildman–Crippen MR) is 90.4 cm³/mol. The van der Waals surface area contributed by atoms with Crippen LogP contribution in [0.1, 0.15) is 49.0 Å². The number of hydrogen-bond donors (Lipinski definition) is 1. The number of amides is 1. The van der Waals surface area contributed by atoms with Crippen molar-refractivity contribution < 1.29 is 4.79 Å². The summed E-state index contributed by atoms with van der Waals surface area (Å²) in [6, 6.07) is 4.06. The van der Waals surface area contributed by atoms with Crippen molar-refractivity contribution in [3.8, 4) is 5.13 Å². The highest BCUT2D eigenvalue weighted by Gasteiger charge is 2.22. The van der Waals surface area contributed by atoms with Crippen LogP contribution in [0.2, 0.25) is 0 Å². The Kier molecular flexibility index (Phi) is 4.03. The molecule has 122 valence electrons. The predicted octanol–water partition coefficient (Wildman–Crippen LogP) is 2.60. The molecule has 0 bridgehead atoms. The lowest BCUT2D eigenvalue weighted by Crippen LogP contribution is -2.33. The first-order chi connectivity index (χ1) is 11.3. The summed E-state index contributed by atoms with van der Waals surface area (Å²) in [5, 5.41) is 13.4. The topological polar surface area (TPSA) is 63.1 Å². The Morgan fingerprint density at radius 2 is 1.87 bits per heavy atom. The lowest BCUT2D eigenvalue weighted by Gasteiger charge is -2.13. The summed E-state index contributed by atoms with van der Waals surface area (Å²) in [5.74, 6) is -0.0141. The molecule has 2 aliphatic rings. The van der Waals surface area contributed by atoms with Gasteiger partial charge in [-0.1, -0.05) is 24.2 Å². The van der Waals surface area contributed by atoms with Crippen LogP contribution in [0.3, 0.4) is 0 Å². The molecule has 2 aromatic rings. The molecule has 0 aromatic carbocycles. The number of carbonyl (C=O) groups is 1. The number of hydrogen-bond acceptors (Lipinski definition) is 5. The van der Waals surface area contributed by atoms with Gasteiger partial charge in [0.25, 0.3) is 5.91 Å². The fraction of sp³-hybridized carbons (Fsp3) is 0.562. The minimum absolute atomic E-state index is 0.0141. The van der Waals surface area contributed by atoms with E-state index in [2.05, 4.69) is 20.4 Å².